The summed E-state index contributed by atoms with van der Waals surface area (Å²) in [5.41, 5.74) is 0.286. The monoisotopic (exact) mass is 366 g/mol. The predicted molar refractivity (Wildman–Crippen MR) is 96.5 cm³/mol. The Balaban J connectivity index is 2.32. The van der Waals surface area contributed by atoms with Gasteiger partial charge in [-0.25, -0.2) is 0 Å². The third kappa shape index (κ3) is 3.37. The van der Waals surface area contributed by atoms with E-state index in [2.05, 4.69) is 10.3 Å². The highest BCUT2D eigenvalue weighted by atomic mass is 16.6. The van der Waals surface area contributed by atoms with Crippen molar-refractivity contribution in [2.45, 2.75) is 13.0 Å². The molecule has 3 rings (SSSR count). The molecule has 3 aromatic rings. The van der Waals surface area contributed by atoms with E-state index >= 15 is 0 Å². The number of fused-ring (bicyclic) bond motifs is 1. The van der Waals surface area contributed by atoms with E-state index < -0.39 is 22.6 Å². The summed E-state index contributed by atoms with van der Waals surface area (Å²) in [7, 11) is 1.46. The molecule has 0 unspecified atom stereocenters. The van der Waals surface area contributed by atoms with Gasteiger partial charge in [-0.2, -0.15) is 0 Å². The molecular formula is C19H16N3O5-. The maximum absolute atomic E-state index is 13.0. The summed E-state index contributed by atoms with van der Waals surface area (Å²) in [6.45, 7) is 1.31. The van der Waals surface area contributed by atoms with Crippen LogP contribution in [0, 0.1) is 10.1 Å². The normalized spacial score (nSPS) is 11.8. The zero-order chi connectivity index (χ0) is 19.6. The molecule has 8 heteroatoms. The predicted octanol–water partition coefficient (Wildman–Crippen LogP) is 2.45. The fourth-order valence-corrected chi connectivity index (χ4v) is 3.02. The van der Waals surface area contributed by atoms with Gasteiger partial charge in [0.25, 0.3) is 5.69 Å². The van der Waals surface area contributed by atoms with Crippen molar-refractivity contribution < 1.29 is 19.6 Å². The van der Waals surface area contributed by atoms with Crippen LogP contribution in [0.15, 0.2) is 48.7 Å². The van der Waals surface area contributed by atoms with Gasteiger partial charge in [0.2, 0.25) is 5.91 Å². The number of hydrogen-bond donors (Lipinski definition) is 1. The van der Waals surface area contributed by atoms with Gasteiger partial charge in [-0.05, 0) is 23.8 Å². The molecule has 1 aromatic heterocycles. The molecule has 1 amide bonds. The molecule has 0 spiro atoms. The Bertz CT molecular complexity index is 1040. The molecule has 0 radical (unpaired) electrons. The van der Waals surface area contributed by atoms with Gasteiger partial charge in [-0.1, -0.05) is 23.9 Å². The lowest BCUT2D eigenvalue weighted by Crippen LogP contribution is -2.28. The van der Waals surface area contributed by atoms with Gasteiger partial charge in [0, 0.05) is 24.8 Å². The van der Waals surface area contributed by atoms with E-state index in [1.54, 1.807) is 24.3 Å². The molecule has 0 saturated heterocycles. The summed E-state index contributed by atoms with van der Waals surface area (Å²) in [5.74, 6) is -0.436. The quantitative estimate of drug-likeness (QED) is 0.547. The Morgan fingerprint density at radius 2 is 1.96 bits per heavy atom. The van der Waals surface area contributed by atoms with Crippen molar-refractivity contribution in [2.24, 2.45) is 0 Å². The van der Waals surface area contributed by atoms with Crippen molar-refractivity contribution in [3.05, 3.63) is 69.9 Å². The zero-order valence-electron chi connectivity index (χ0n) is 14.6. The number of nitro groups is 1. The zero-order valence-corrected chi connectivity index (χ0v) is 14.6. The van der Waals surface area contributed by atoms with Crippen molar-refractivity contribution in [3.8, 4) is 11.5 Å². The molecule has 0 bridgehead atoms. The standard InChI is InChI=1S/C19H17N3O5/c1-11(23)21-17(13-6-3-4-8-16(13)27-2)14-10-15(22(25)26)12-7-5-9-20-18(12)19(14)24/h3-10,17,24H,1-2H3,(H,21,23)/p-1/t17-/m0/s1. The second-order valence-corrected chi connectivity index (χ2v) is 5.85. The molecule has 1 atom stereocenters. The maximum Gasteiger partial charge on any atom is 0.279 e. The number of amides is 1. The second kappa shape index (κ2) is 7.28. The molecule has 1 N–H and O–H groups in total. The summed E-state index contributed by atoms with van der Waals surface area (Å²) >= 11 is 0. The van der Waals surface area contributed by atoms with Gasteiger partial charge >= 0.3 is 0 Å². The minimum Gasteiger partial charge on any atom is -0.871 e. The molecule has 0 aliphatic carbocycles. The van der Waals surface area contributed by atoms with Crippen LogP contribution in [0.4, 0.5) is 5.69 Å². The van der Waals surface area contributed by atoms with Crippen LogP contribution in [-0.4, -0.2) is 22.9 Å². The number of ether oxygens (including phenoxy) is 1. The number of para-hydroxylation sites is 1. The Labute approximate surface area is 154 Å². The van der Waals surface area contributed by atoms with Gasteiger partial charge in [0.1, 0.15) is 5.75 Å². The number of methoxy groups -OCH3 is 1. The van der Waals surface area contributed by atoms with Crippen molar-refractivity contribution in [3.63, 3.8) is 0 Å². The van der Waals surface area contributed by atoms with Gasteiger partial charge in [0.15, 0.2) is 0 Å². The number of carbonyl (C=O) groups excluding carboxylic acids is 1. The summed E-state index contributed by atoms with van der Waals surface area (Å²) < 4.78 is 5.33. The Morgan fingerprint density at radius 1 is 1.22 bits per heavy atom. The highest BCUT2D eigenvalue weighted by molar-refractivity contribution is 5.93. The first-order valence-corrected chi connectivity index (χ1v) is 8.07. The maximum atomic E-state index is 13.0. The van der Waals surface area contributed by atoms with E-state index in [4.69, 9.17) is 4.74 Å². The van der Waals surface area contributed by atoms with Crippen LogP contribution < -0.4 is 15.2 Å². The van der Waals surface area contributed by atoms with Crippen LogP contribution in [-0.2, 0) is 4.79 Å². The van der Waals surface area contributed by atoms with Gasteiger partial charge < -0.3 is 15.2 Å². The lowest BCUT2D eigenvalue weighted by Gasteiger charge is -2.26. The third-order valence-electron chi connectivity index (χ3n) is 4.16. The van der Waals surface area contributed by atoms with E-state index in [9.17, 15) is 20.0 Å². The number of nitrogens with zero attached hydrogens (tertiary/aromatic N) is 2. The number of nitro benzene ring substituents is 1. The lowest BCUT2D eigenvalue weighted by atomic mass is 9.94. The summed E-state index contributed by atoms with van der Waals surface area (Å²) in [5, 5.41) is 27.4. The summed E-state index contributed by atoms with van der Waals surface area (Å²) in [4.78, 5) is 26.8. The first-order valence-electron chi connectivity index (χ1n) is 8.07. The van der Waals surface area contributed by atoms with Crippen LogP contribution in [0.2, 0.25) is 0 Å². The van der Waals surface area contributed by atoms with Crippen LogP contribution in [0.5, 0.6) is 11.5 Å². The van der Waals surface area contributed by atoms with Crippen LogP contribution >= 0.6 is 0 Å². The number of carbonyl (C=O) groups is 1. The van der Waals surface area contributed by atoms with E-state index in [0.717, 1.165) is 0 Å². The van der Waals surface area contributed by atoms with Crippen LogP contribution in [0.1, 0.15) is 24.1 Å². The molecule has 2 aromatic carbocycles. The molecule has 0 aliphatic heterocycles. The van der Waals surface area contributed by atoms with E-state index in [0.29, 0.717) is 11.3 Å². The molecule has 1 heterocycles. The molecule has 0 aliphatic rings. The number of rotatable bonds is 5. The minimum atomic E-state index is -0.920. The smallest absolute Gasteiger partial charge is 0.279 e. The van der Waals surface area contributed by atoms with Crippen LogP contribution in [0.25, 0.3) is 10.9 Å². The largest absolute Gasteiger partial charge is 0.871 e. The highest BCUT2D eigenvalue weighted by Crippen LogP contribution is 2.39. The fourth-order valence-electron chi connectivity index (χ4n) is 3.02. The molecule has 8 nitrogen and oxygen atoms in total. The van der Waals surface area contributed by atoms with Crippen LogP contribution in [0.3, 0.4) is 0 Å². The van der Waals surface area contributed by atoms with Crippen molar-refractivity contribution >= 4 is 22.5 Å². The average molecular weight is 366 g/mol. The molecule has 0 saturated carbocycles. The van der Waals surface area contributed by atoms with Crippen molar-refractivity contribution in [2.75, 3.05) is 7.11 Å². The number of pyridine rings is 1. The minimum absolute atomic E-state index is 0.0213. The van der Waals surface area contributed by atoms with E-state index in [1.165, 1.54) is 38.4 Å². The van der Waals surface area contributed by atoms with Gasteiger partial charge in [0.05, 0.1) is 29.0 Å². The lowest BCUT2D eigenvalue weighted by molar-refractivity contribution is -0.383. The first-order chi connectivity index (χ1) is 12.9. The number of non-ortho nitro benzene ring substituents is 1. The Kier molecular flexibility index (Phi) is 4.89. The molecule has 138 valence electrons. The summed E-state index contributed by atoms with van der Waals surface area (Å²) in [6.07, 6.45) is 1.40. The summed E-state index contributed by atoms with van der Waals surface area (Å²) in [6, 6.07) is 10.1. The average Bonchev–Trinajstić information content (AvgIpc) is 2.66. The molecule has 27 heavy (non-hydrogen) atoms. The first kappa shape index (κ1) is 18.1. The highest BCUT2D eigenvalue weighted by Gasteiger charge is 2.24. The number of benzene rings is 2. The Morgan fingerprint density at radius 3 is 2.63 bits per heavy atom. The number of aromatic nitrogens is 1. The third-order valence-corrected chi connectivity index (χ3v) is 4.16. The fraction of sp³-hybridized carbons (Fsp3) is 0.158. The SMILES string of the molecule is COc1ccccc1[C@H](NC(C)=O)c1cc([N+](=O)[O-])c2cccnc2c1[O-]. The van der Waals surface area contributed by atoms with Gasteiger partial charge in [-0.15, -0.1) is 0 Å². The molecule has 0 fully saturated rings. The molecular weight excluding hydrogens is 350 g/mol. The Hall–Kier alpha value is -3.68. The number of hydrogen-bond acceptors (Lipinski definition) is 6. The van der Waals surface area contributed by atoms with Crippen molar-refractivity contribution in [1.82, 2.24) is 10.3 Å². The van der Waals surface area contributed by atoms with E-state index in [-0.39, 0.29) is 22.2 Å². The number of nitrogens with one attached hydrogen (secondary N) is 1. The second-order valence-electron chi connectivity index (χ2n) is 5.85. The topological polar surface area (TPSA) is 117 Å². The van der Waals surface area contributed by atoms with Crippen molar-refractivity contribution in [1.29, 1.82) is 0 Å². The van der Waals surface area contributed by atoms with Gasteiger partial charge in [-0.3, -0.25) is 19.9 Å². The van der Waals surface area contributed by atoms with E-state index in [1.807, 2.05) is 0 Å².